The Kier molecular flexibility index (Phi) is 4.27. The van der Waals surface area contributed by atoms with E-state index in [-0.39, 0.29) is 11.3 Å². The van der Waals surface area contributed by atoms with Gasteiger partial charge < -0.3 is 5.32 Å². The SMILES string of the molecule is Cc1cc(C(=O)NCC2CCCC(Cl)C2)nn1C. The van der Waals surface area contributed by atoms with Crippen LogP contribution < -0.4 is 5.32 Å². The lowest BCUT2D eigenvalue weighted by molar-refractivity contribution is 0.0938. The van der Waals surface area contributed by atoms with E-state index in [2.05, 4.69) is 10.4 Å². The average molecular weight is 270 g/mol. The molecule has 1 fully saturated rings. The van der Waals surface area contributed by atoms with Crippen molar-refractivity contribution in [1.29, 1.82) is 0 Å². The van der Waals surface area contributed by atoms with Crippen LogP contribution in [0.1, 0.15) is 41.9 Å². The number of carbonyl (C=O) groups is 1. The number of alkyl halides is 1. The van der Waals surface area contributed by atoms with Crippen molar-refractivity contribution in [3.8, 4) is 0 Å². The Hall–Kier alpha value is -1.03. The van der Waals surface area contributed by atoms with E-state index in [1.807, 2.05) is 14.0 Å². The van der Waals surface area contributed by atoms with Gasteiger partial charge in [0.15, 0.2) is 0 Å². The normalized spacial score (nSPS) is 23.9. The first kappa shape index (κ1) is 13.4. The maximum Gasteiger partial charge on any atom is 0.271 e. The summed E-state index contributed by atoms with van der Waals surface area (Å²) in [7, 11) is 1.84. The second kappa shape index (κ2) is 5.74. The minimum atomic E-state index is -0.0876. The Morgan fingerprint density at radius 2 is 2.39 bits per heavy atom. The van der Waals surface area contributed by atoms with Crippen LogP contribution in [0.5, 0.6) is 0 Å². The van der Waals surface area contributed by atoms with E-state index >= 15 is 0 Å². The van der Waals surface area contributed by atoms with Gasteiger partial charge >= 0.3 is 0 Å². The molecule has 0 bridgehead atoms. The van der Waals surface area contributed by atoms with E-state index in [9.17, 15) is 4.79 Å². The lowest BCUT2D eigenvalue weighted by atomic mass is 9.89. The van der Waals surface area contributed by atoms with Gasteiger partial charge in [-0.1, -0.05) is 6.42 Å². The number of aryl methyl sites for hydroxylation is 2. The van der Waals surface area contributed by atoms with Crippen molar-refractivity contribution < 1.29 is 4.79 Å². The molecule has 1 saturated carbocycles. The summed E-state index contributed by atoms with van der Waals surface area (Å²) in [5.41, 5.74) is 1.48. The number of aromatic nitrogens is 2. The van der Waals surface area contributed by atoms with Gasteiger partial charge in [-0.25, -0.2) is 0 Å². The van der Waals surface area contributed by atoms with Gasteiger partial charge in [0.2, 0.25) is 0 Å². The third-order valence-corrected chi connectivity index (χ3v) is 4.01. The Morgan fingerprint density at radius 3 is 3.00 bits per heavy atom. The molecule has 0 aliphatic heterocycles. The molecule has 1 amide bonds. The summed E-state index contributed by atoms with van der Waals surface area (Å²) in [5, 5.41) is 7.40. The smallest absolute Gasteiger partial charge is 0.271 e. The third kappa shape index (κ3) is 3.25. The number of hydrogen-bond donors (Lipinski definition) is 1. The molecule has 1 aliphatic rings. The fourth-order valence-electron chi connectivity index (χ4n) is 2.41. The van der Waals surface area contributed by atoms with Crippen molar-refractivity contribution in [2.24, 2.45) is 13.0 Å². The number of nitrogens with zero attached hydrogens (tertiary/aromatic N) is 2. The lowest BCUT2D eigenvalue weighted by Crippen LogP contribution is -2.32. The topological polar surface area (TPSA) is 46.9 Å². The summed E-state index contributed by atoms with van der Waals surface area (Å²) in [6.07, 6.45) is 4.43. The van der Waals surface area contributed by atoms with Gasteiger partial charge in [0.1, 0.15) is 5.69 Å². The zero-order chi connectivity index (χ0) is 13.1. The summed E-state index contributed by atoms with van der Waals surface area (Å²) >= 11 is 6.14. The number of amides is 1. The van der Waals surface area contributed by atoms with Crippen molar-refractivity contribution in [2.75, 3.05) is 6.54 Å². The van der Waals surface area contributed by atoms with Crippen LogP contribution in [0.4, 0.5) is 0 Å². The van der Waals surface area contributed by atoms with Crippen LogP contribution in [-0.2, 0) is 7.05 Å². The third-order valence-electron chi connectivity index (χ3n) is 3.62. The zero-order valence-corrected chi connectivity index (χ0v) is 11.7. The number of rotatable bonds is 3. The predicted octanol–water partition coefficient (Wildman–Crippen LogP) is 2.26. The number of carbonyl (C=O) groups excluding carboxylic acids is 1. The molecular weight excluding hydrogens is 250 g/mol. The van der Waals surface area contributed by atoms with Gasteiger partial charge in [-0.15, -0.1) is 11.6 Å². The van der Waals surface area contributed by atoms with Crippen molar-refractivity contribution in [1.82, 2.24) is 15.1 Å². The summed E-state index contributed by atoms with van der Waals surface area (Å²) in [6.45, 7) is 2.64. The van der Waals surface area contributed by atoms with E-state index in [4.69, 9.17) is 11.6 Å². The minimum Gasteiger partial charge on any atom is -0.350 e. The molecule has 0 radical (unpaired) electrons. The second-order valence-electron chi connectivity index (χ2n) is 5.13. The first-order chi connectivity index (χ1) is 8.56. The van der Waals surface area contributed by atoms with E-state index in [0.717, 1.165) is 31.4 Å². The van der Waals surface area contributed by atoms with E-state index in [1.54, 1.807) is 10.7 Å². The lowest BCUT2D eigenvalue weighted by Gasteiger charge is -2.25. The summed E-state index contributed by atoms with van der Waals surface area (Å²) in [4.78, 5) is 11.9. The van der Waals surface area contributed by atoms with Crippen LogP contribution in [0.3, 0.4) is 0 Å². The minimum absolute atomic E-state index is 0.0876. The maximum atomic E-state index is 11.9. The average Bonchev–Trinajstić information content (AvgIpc) is 2.67. The highest BCUT2D eigenvalue weighted by Gasteiger charge is 2.21. The molecule has 1 aliphatic carbocycles. The molecule has 0 saturated heterocycles. The molecule has 4 nitrogen and oxygen atoms in total. The molecular formula is C13H20ClN3O. The molecule has 100 valence electrons. The second-order valence-corrected chi connectivity index (χ2v) is 5.75. The highest BCUT2D eigenvalue weighted by molar-refractivity contribution is 6.20. The number of nitrogens with one attached hydrogen (secondary N) is 1. The van der Waals surface area contributed by atoms with Crippen LogP contribution >= 0.6 is 11.6 Å². The largest absolute Gasteiger partial charge is 0.350 e. The summed E-state index contributed by atoms with van der Waals surface area (Å²) < 4.78 is 1.71. The molecule has 2 atom stereocenters. The maximum absolute atomic E-state index is 11.9. The van der Waals surface area contributed by atoms with Crippen molar-refractivity contribution >= 4 is 17.5 Å². The van der Waals surface area contributed by atoms with Crippen molar-refractivity contribution in [2.45, 2.75) is 38.0 Å². The predicted molar refractivity (Wildman–Crippen MR) is 71.9 cm³/mol. The first-order valence-electron chi connectivity index (χ1n) is 6.49. The van der Waals surface area contributed by atoms with Gasteiger partial charge in [-0.05, 0) is 38.2 Å². The number of halogens is 1. The monoisotopic (exact) mass is 269 g/mol. The Morgan fingerprint density at radius 1 is 1.61 bits per heavy atom. The van der Waals surface area contributed by atoms with Gasteiger partial charge in [-0.2, -0.15) is 5.10 Å². The molecule has 1 aromatic heterocycles. The fraction of sp³-hybridized carbons (Fsp3) is 0.692. The molecule has 1 heterocycles. The molecule has 2 unspecified atom stereocenters. The van der Waals surface area contributed by atoms with Gasteiger partial charge in [0, 0.05) is 24.7 Å². The molecule has 18 heavy (non-hydrogen) atoms. The molecule has 1 N–H and O–H groups in total. The van der Waals surface area contributed by atoms with Crippen molar-refractivity contribution in [3.05, 3.63) is 17.5 Å². The van der Waals surface area contributed by atoms with Gasteiger partial charge in [-0.3, -0.25) is 9.48 Å². The van der Waals surface area contributed by atoms with Gasteiger partial charge in [0.25, 0.3) is 5.91 Å². The highest BCUT2D eigenvalue weighted by atomic mass is 35.5. The molecule has 5 heteroatoms. The molecule has 2 rings (SSSR count). The van der Waals surface area contributed by atoms with Crippen LogP contribution in [0.15, 0.2) is 6.07 Å². The summed E-state index contributed by atoms with van der Waals surface area (Å²) in [6, 6.07) is 1.81. The molecule has 0 aromatic carbocycles. The zero-order valence-electron chi connectivity index (χ0n) is 10.9. The van der Waals surface area contributed by atoms with Crippen LogP contribution in [0.25, 0.3) is 0 Å². The fourth-order valence-corrected chi connectivity index (χ4v) is 2.82. The van der Waals surface area contributed by atoms with Crippen LogP contribution in [0.2, 0.25) is 0 Å². The van der Waals surface area contributed by atoms with E-state index in [1.165, 1.54) is 0 Å². The Balaban J connectivity index is 1.84. The Labute approximate surface area is 113 Å². The molecule has 1 aromatic rings. The molecule has 0 spiro atoms. The number of hydrogen-bond acceptors (Lipinski definition) is 2. The highest BCUT2D eigenvalue weighted by Crippen LogP contribution is 2.27. The van der Waals surface area contributed by atoms with Crippen LogP contribution in [0, 0.1) is 12.8 Å². The quantitative estimate of drug-likeness (QED) is 0.856. The van der Waals surface area contributed by atoms with E-state index in [0.29, 0.717) is 18.2 Å². The van der Waals surface area contributed by atoms with Crippen LogP contribution in [-0.4, -0.2) is 27.6 Å². The Bertz CT molecular complexity index is 410. The van der Waals surface area contributed by atoms with E-state index < -0.39 is 0 Å². The standard InChI is InChI=1S/C13H20ClN3O/c1-9-6-12(16-17(9)2)13(18)15-8-10-4-3-5-11(14)7-10/h6,10-11H,3-5,7-8H2,1-2H3,(H,15,18). The van der Waals surface area contributed by atoms with Crippen molar-refractivity contribution in [3.63, 3.8) is 0 Å². The first-order valence-corrected chi connectivity index (χ1v) is 6.93. The summed E-state index contributed by atoms with van der Waals surface area (Å²) in [5.74, 6) is 0.422. The van der Waals surface area contributed by atoms with Gasteiger partial charge in [0.05, 0.1) is 0 Å².